The van der Waals surface area contributed by atoms with Gasteiger partial charge in [-0.1, -0.05) is 12.1 Å². The fourth-order valence-corrected chi connectivity index (χ4v) is 2.13. The van der Waals surface area contributed by atoms with E-state index in [1.807, 2.05) is 0 Å². The molecule has 0 atom stereocenters. The van der Waals surface area contributed by atoms with Crippen LogP contribution in [-0.4, -0.2) is 28.7 Å². The van der Waals surface area contributed by atoms with Crippen LogP contribution in [0.1, 0.15) is 6.42 Å². The molecule has 1 N–H and O–H groups in total. The van der Waals surface area contributed by atoms with Crippen molar-refractivity contribution in [1.82, 2.24) is 4.72 Å². The van der Waals surface area contributed by atoms with Crippen molar-refractivity contribution in [3.05, 3.63) is 30.3 Å². The lowest BCUT2D eigenvalue weighted by Crippen LogP contribution is -2.25. The highest BCUT2D eigenvalue weighted by molar-refractivity contribution is 7.89. The van der Waals surface area contributed by atoms with Crippen LogP contribution in [0, 0.1) is 6.07 Å². The van der Waals surface area contributed by atoms with Crippen LogP contribution in [0.5, 0.6) is 0 Å². The summed E-state index contributed by atoms with van der Waals surface area (Å²) in [6.45, 7) is 0.930. The molecule has 0 aromatic heterocycles. The fourth-order valence-electron chi connectivity index (χ4n) is 1.06. The predicted molar refractivity (Wildman–Crippen MR) is 57.0 cm³/mol. The van der Waals surface area contributed by atoms with E-state index in [1.54, 1.807) is 19.2 Å². The monoisotopic (exact) mass is 228 g/mol. The van der Waals surface area contributed by atoms with Gasteiger partial charge in [-0.3, -0.25) is 0 Å². The van der Waals surface area contributed by atoms with E-state index >= 15 is 0 Å². The Labute approximate surface area is 90.3 Å². The molecule has 0 aliphatic rings. The highest BCUT2D eigenvalue weighted by atomic mass is 32.2. The highest BCUT2D eigenvalue weighted by Crippen LogP contribution is 2.06. The smallest absolute Gasteiger partial charge is 0.240 e. The number of ether oxygens (including phenoxy) is 1. The Hall–Kier alpha value is -0.910. The van der Waals surface area contributed by atoms with Crippen LogP contribution in [0.15, 0.2) is 29.2 Å². The summed E-state index contributed by atoms with van der Waals surface area (Å²) in [7, 11) is -1.78. The molecule has 1 rings (SSSR count). The summed E-state index contributed by atoms with van der Waals surface area (Å²) in [6.07, 6.45) is 0.661. The number of rotatable bonds is 6. The van der Waals surface area contributed by atoms with Gasteiger partial charge in [-0.25, -0.2) is 13.1 Å². The lowest BCUT2D eigenvalue weighted by Gasteiger charge is -2.05. The number of nitrogens with one attached hydrogen (secondary N) is 1. The fraction of sp³-hybridized carbons (Fsp3) is 0.400. The van der Waals surface area contributed by atoms with Crippen molar-refractivity contribution in [3.63, 3.8) is 0 Å². The summed E-state index contributed by atoms with van der Waals surface area (Å²) in [5.41, 5.74) is 0. The van der Waals surface area contributed by atoms with E-state index in [0.717, 1.165) is 0 Å². The first-order valence-corrected chi connectivity index (χ1v) is 6.10. The van der Waals surface area contributed by atoms with Crippen LogP contribution in [0.25, 0.3) is 0 Å². The van der Waals surface area contributed by atoms with E-state index < -0.39 is 10.0 Å². The molecular weight excluding hydrogens is 214 g/mol. The third-order valence-corrected chi connectivity index (χ3v) is 3.29. The minimum atomic E-state index is -3.37. The van der Waals surface area contributed by atoms with Crippen molar-refractivity contribution < 1.29 is 13.2 Å². The van der Waals surface area contributed by atoms with Gasteiger partial charge in [0.15, 0.2) is 0 Å². The van der Waals surface area contributed by atoms with Crippen molar-refractivity contribution in [2.45, 2.75) is 11.3 Å². The molecule has 0 aliphatic heterocycles. The second-order valence-corrected chi connectivity index (χ2v) is 4.75. The lowest BCUT2D eigenvalue weighted by atomic mass is 10.4. The maximum atomic E-state index is 11.6. The molecule has 1 aromatic rings. The van der Waals surface area contributed by atoms with Crippen molar-refractivity contribution >= 4 is 10.0 Å². The molecule has 0 aliphatic carbocycles. The van der Waals surface area contributed by atoms with E-state index in [-0.39, 0.29) is 4.90 Å². The number of sulfonamides is 1. The van der Waals surface area contributed by atoms with Crippen molar-refractivity contribution in [1.29, 1.82) is 0 Å². The maximum absolute atomic E-state index is 11.6. The van der Waals surface area contributed by atoms with Crippen molar-refractivity contribution in [2.75, 3.05) is 20.3 Å². The van der Waals surface area contributed by atoms with E-state index in [0.29, 0.717) is 19.6 Å². The molecule has 1 radical (unpaired) electrons. The standard InChI is InChI=1S/C10H14NO3S/c1-14-9-5-8-11-15(12,13)10-6-3-2-4-7-10/h3-4,6-7,11H,5,8-9H2,1H3. The van der Waals surface area contributed by atoms with E-state index in [2.05, 4.69) is 10.8 Å². The summed E-state index contributed by atoms with van der Waals surface area (Å²) in [4.78, 5) is 0.263. The van der Waals surface area contributed by atoms with Gasteiger partial charge in [0.25, 0.3) is 0 Å². The SMILES string of the molecule is COCCCNS(=O)(=O)c1cc[c]cc1. The van der Waals surface area contributed by atoms with Gasteiger partial charge >= 0.3 is 0 Å². The molecule has 0 amide bonds. The Balaban J connectivity index is 2.53. The minimum absolute atomic E-state index is 0.263. The minimum Gasteiger partial charge on any atom is -0.385 e. The van der Waals surface area contributed by atoms with Crippen LogP contribution < -0.4 is 4.72 Å². The average molecular weight is 228 g/mol. The van der Waals surface area contributed by atoms with Gasteiger partial charge in [0.1, 0.15) is 0 Å². The number of benzene rings is 1. The second kappa shape index (κ2) is 5.85. The second-order valence-electron chi connectivity index (χ2n) is 2.98. The van der Waals surface area contributed by atoms with Gasteiger partial charge in [0.2, 0.25) is 10.0 Å². The molecule has 0 unspecified atom stereocenters. The summed E-state index contributed by atoms with van der Waals surface area (Å²) >= 11 is 0. The van der Waals surface area contributed by atoms with Gasteiger partial charge in [-0.2, -0.15) is 0 Å². The molecule has 5 heteroatoms. The number of methoxy groups -OCH3 is 1. The lowest BCUT2D eigenvalue weighted by molar-refractivity contribution is 0.196. The zero-order valence-electron chi connectivity index (χ0n) is 8.56. The zero-order valence-corrected chi connectivity index (χ0v) is 9.38. The number of hydrogen-bond donors (Lipinski definition) is 1. The molecule has 0 bridgehead atoms. The zero-order chi connectivity index (χ0) is 11.1. The van der Waals surface area contributed by atoms with Gasteiger partial charge in [0, 0.05) is 20.3 Å². The first-order chi connectivity index (χ1) is 7.17. The maximum Gasteiger partial charge on any atom is 0.240 e. The Bertz CT molecular complexity index is 375. The van der Waals surface area contributed by atoms with E-state index in [9.17, 15) is 8.42 Å². The molecule has 4 nitrogen and oxygen atoms in total. The highest BCUT2D eigenvalue weighted by Gasteiger charge is 2.11. The topological polar surface area (TPSA) is 55.4 Å². The van der Waals surface area contributed by atoms with E-state index in [1.165, 1.54) is 12.1 Å². The Morgan fingerprint density at radius 3 is 2.67 bits per heavy atom. The molecule has 15 heavy (non-hydrogen) atoms. The molecule has 0 saturated carbocycles. The Kier molecular flexibility index (Phi) is 4.74. The van der Waals surface area contributed by atoms with Crippen LogP contribution >= 0.6 is 0 Å². The quantitative estimate of drug-likeness (QED) is 0.733. The largest absolute Gasteiger partial charge is 0.385 e. The van der Waals surface area contributed by atoms with Crippen LogP contribution in [0.3, 0.4) is 0 Å². The Morgan fingerprint density at radius 2 is 2.07 bits per heavy atom. The molecule has 83 valence electrons. The van der Waals surface area contributed by atoms with Crippen molar-refractivity contribution in [3.8, 4) is 0 Å². The molecule has 1 aromatic carbocycles. The van der Waals surface area contributed by atoms with Gasteiger partial charge in [-0.05, 0) is 24.6 Å². The van der Waals surface area contributed by atoms with Crippen LogP contribution in [-0.2, 0) is 14.8 Å². The molecule has 0 fully saturated rings. The number of hydrogen-bond acceptors (Lipinski definition) is 3. The normalized spacial score (nSPS) is 11.5. The summed E-state index contributed by atoms with van der Waals surface area (Å²) in [6, 6.07) is 8.94. The van der Waals surface area contributed by atoms with Crippen LogP contribution in [0.2, 0.25) is 0 Å². The summed E-state index contributed by atoms with van der Waals surface area (Å²) in [5.74, 6) is 0. The molecule has 0 saturated heterocycles. The third-order valence-electron chi connectivity index (χ3n) is 1.82. The first-order valence-electron chi connectivity index (χ1n) is 4.61. The third kappa shape index (κ3) is 3.99. The van der Waals surface area contributed by atoms with Gasteiger partial charge < -0.3 is 4.74 Å². The van der Waals surface area contributed by atoms with Gasteiger partial charge in [0.05, 0.1) is 4.90 Å². The predicted octanol–water partition coefficient (Wildman–Crippen LogP) is 0.802. The molecule has 0 heterocycles. The van der Waals surface area contributed by atoms with Crippen LogP contribution in [0.4, 0.5) is 0 Å². The summed E-state index contributed by atoms with van der Waals surface area (Å²) < 4.78 is 30.6. The summed E-state index contributed by atoms with van der Waals surface area (Å²) in [5, 5.41) is 0. The van der Waals surface area contributed by atoms with Crippen molar-refractivity contribution in [2.24, 2.45) is 0 Å². The molecular formula is C10H14NO3S. The Morgan fingerprint density at radius 1 is 1.40 bits per heavy atom. The average Bonchev–Trinajstić information content (AvgIpc) is 2.26. The molecule has 0 spiro atoms. The first kappa shape index (κ1) is 12.2. The van der Waals surface area contributed by atoms with E-state index in [4.69, 9.17) is 4.74 Å². The van der Waals surface area contributed by atoms with Gasteiger partial charge in [-0.15, -0.1) is 0 Å².